The van der Waals surface area contributed by atoms with Crippen LogP contribution in [0.2, 0.25) is 0 Å². The molecule has 0 aliphatic carbocycles. The molecule has 1 amide bonds. The lowest BCUT2D eigenvalue weighted by atomic mass is 10.0. The van der Waals surface area contributed by atoms with E-state index in [1.807, 2.05) is 30.3 Å². The molecule has 0 atom stereocenters. The lowest BCUT2D eigenvalue weighted by Crippen LogP contribution is -2.19. The molecular weight excluding hydrogens is 618 g/mol. The van der Waals surface area contributed by atoms with Gasteiger partial charge in [-0.3, -0.25) is 4.79 Å². The van der Waals surface area contributed by atoms with Crippen molar-refractivity contribution in [2.24, 2.45) is 5.10 Å². The van der Waals surface area contributed by atoms with E-state index in [9.17, 15) is 9.59 Å². The number of aromatic nitrogens is 1. The average molecular weight is 642 g/mol. The van der Waals surface area contributed by atoms with Crippen LogP contribution in [0.4, 0.5) is 0 Å². The number of H-pyrrole nitrogens is 1. The number of halogens is 1. The Labute approximate surface area is 254 Å². The standard InChI is InChI=1S/C32H24BrN3O7/c1-39-24-12-13-25(40-2)29-28(24)27(18-6-4-3-5-7-18)30(35-29)31(37)36-34-16-20-14-21(33)9-11-22(20)43-32(38)19-8-10-23-26(15-19)42-17-41-23/h3-16,35H,17H2,1-2H3,(H,36,37). The number of nitrogens with one attached hydrogen (secondary N) is 2. The number of aromatic amines is 1. The Morgan fingerprint density at radius 2 is 1.65 bits per heavy atom. The molecule has 10 nitrogen and oxygen atoms in total. The zero-order valence-corrected chi connectivity index (χ0v) is 24.6. The third-order valence-electron chi connectivity index (χ3n) is 6.76. The van der Waals surface area contributed by atoms with E-state index < -0.39 is 11.9 Å². The van der Waals surface area contributed by atoms with Crippen molar-refractivity contribution < 1.29 is 33.3 Å². The third-order valence-corrected chi connectivity index (χ3v) is 7.25. The minimum Gasteiger partial charge on any atom is -0.496 e. The number of carbonyl (C=O) groups is 2. The molecule has 0 bridgehead atoms. The molecule has 1 aliphatic heterocycles. The van der Waals surface area contributed by atoms with Gasteiger partial charge in [-0.05, 0) is 54.1 Å². The Morgan fingerprint density at radius 1 is 0.907 bits per heavy atom. The van der Waals surface area contributed by atoms with Crippen LogP contribution in [0.15, 0.2) is 88.4 Å². The first-order chi connectivity index (χ1) is 21.0. The molecule has 6 rings (SSSR count). The summed E-state index contributed by atoms with van der Waals surface area (Å²) in [5, 5.41) is 4.88. The minimum atomic E-state index is -0.590. The molecule has 216 valence electrons. The second-order valence-corrected chi connectivity index (χ2v) is 10.2. The summed E-state index contributed by atoms with van der Waals surface area (Å²) in [4.78, 5) is 29.7. The largest absolute Gasteiger partial charge is 0.496 e. The maximum absolute atomic E-state index is 13.6. The molecule has 0 unspecified atom stereocenters. The van der Waals surface area contributed by atoms with E-state index in [-0.39, 0.29) is 18.2 Å². The molecule has 5 aromatic rings. The number of ether oxygens (including phenoxy) is 5. The Bertz CT molecular complexity index is 1890. The van der Waals surface area contributed by atoms with E-state index in [4.69, 9.17) is 23.7 Å². The zero-order valence-electron chi connectivity index (χ0n) is 23.0. The number of amides is 1. The van der Waals surface area contributed by atoms with Crippen LogP contribution in [0.5, 0.6) is 28.7 Å². The lowest BCUT2D eigenvalue weighted by molar-refractivity contribution is 0.0733. The molecule has 0 saturated heterocycles. The van der Waals surface area contributed by atoms with Crippen molar-refractivity contribution in [1.82, 2.24) is 10.4 Å². The van der Waals surface area contributed by atoms with Crippen LogP contribution < -0.4 is 29.1 Å². The van der Waals surface area contributed by atoms with Crippen molar-refractivity contribution in [2.75, 3.05) is 21.0 Å². The summed E-state index contributed by atoms with van der Waals surface area (Å²) >= 11 is 3.43. The Hall–Kier alpha value is -5.29. The minimum absolute atomic E-state index is 0.0965. The summed E-state index contributed by atoms with van der Waals surface area (Å²) in [6, 6.07) is 22.9. The predicted octanol–water partition coefficient (Wildman–Crippen LogP) is 6.33. The van der Waals surface area contributed by atoms with Crippen molar-refractivity contribution in [1.29, 1.82) is 0 Å². The second kappa shape index (κ2) is 11.9. The number of rotatable bonds is 8. The topological polar surface area (TPSA) is 120 Å². The first kappa shape index (κ1) is 27.9. The fourth-order valence-electron chi connectivity index (χ4n) is 4.77. The van der Waals surface area contributed by atoms with E-state index in [0.717, 1.165) is 10.0 Å². The van der Waals surface area contributed by atoms with E-state index >= 15 is 0 Å². The summed E-state index contributed by atoms with van der Waals surface area (Å²) in [6.45, 7) is 0.0965. The van der Waals surface area contributed by atoms with Gasteiger partial charge in [-0.25, -0.2) is 10.2 Å². The van der Waals surface area contributed by atoms with Crippen LogP contribution in [0.3, 0.4) is 0 Å². The van der Waals surface area contributed by atoms with Gasteiger partial charge in [0.15, 0.2) is 11.5 Å². The number of hydrogen-bond acceptors (Lipinski definition) is 8. The average Bonchev–Trinajstić information content (AvgIpc) is 3.67. The first-order valence-electron chi connectivity index (χ1n) is 13.0. The van der Waals surface area contributed by atoms with Crippen LogP contribution in [0.25, 0.3) is 22.0 Å². The molecule has 2 heterocycles. The van der Waals surface area contributed by atoms with E-state index in [1.54, 1.807) is 62.8 Å². The highest BCUT2D eigenvalue weighted by molar-refractivity contribution is 9.10. The highest BCUT2D eigenvalue weighted by Gasteiger charge is 2.24. The van der Waals surface area contributed by atoms with Gasteiger partial charge in [-0.1, -0.05) is 46.3 Å². The van der Waals surface area contributed by atoms with Crippen molar-refractivity contribution in [2.45, 2.75) is 0 Å². The first-order valence-corrected chi connectivity index (χ1v) is 13.8. The zero-order chi connectivity index (χ0) is 29.9. The van der Waals surface area contributed by atoms with Gasteiger partial charge < -0.3 is 28.7 Å². The molecule has 0 fully saturated rings. The molecule has 11 heteroatoms. The molecule has 1 aromatic heterocycles. The number of hydrogen-bond donors (Lipinski definition) is 2. The molecular formula is C32H24BrN3O7. The van der Waals surface area contributed by atoms with Crippen LogP contribution in [-0.4, -0.2) is 44.1 Å². The SMILES string of the molecule is COc1ccc(OC)c2c(-c3ccccc3)c(C(=O)NN=Cc3cc(Br)ccc3OC(=O)c3ccc4c(c3)OCO4)[nH]c12. The van der Waals surface area contributed by atoms with E-state index in [2.05, 4.69) is 31.4 Å². The van der Waals surface area contributed by atoms with E-state index in [0.29, 0.717) is 50.6 Å². The summed E-state index contributed by atoms with van der Waals surface area (Å²) in [6.07, 6.45) is 1.40. The summed E-state index contributed by atoms with van der Waals surface area (Å²) in [5.74, 6) is 1.32. The molecule has 43 heavy (non-hydrogen) atoms. The number of methoxy groups -OCH3 is 2. The van der Waals surface area contributed by atoms with Gasteiger partial charge >= 0.3 is 5.97 Å². The van der Waals surface area contributed by atoms with Gasteiger partial charge in [0.05, 0.1) is 36.9 Å². The second-order valence-electron chi connectivity index (χ2n) is 9.30. The molecule has 4 aromatic carbocycles. The quantitative estimate of drug-likeness (QED) is 0.0879. The molecule has 0 spiro atoms. The predicted molar refractivity (Wildman–Crippen MR) is 164 cm³/mol. The van der Waals surface area contributed by atoms with Crippen LogP contribution >= 0.6 is 15.9 Å². The van der Waals surface area contributed by atoms with Gasteiger partial charge in [-0.15, -0.1) is 0 Å². The van der Waals surface area contributed by atoms with Gasteiger partial charge in [0, 0.05) is 15.6 Å². The Kier molecular flexibility index (Phi) is 7.71. The molecule has 1 aliphatic rings. The third kappa shape index (κ3) is 5.50. The van der Waals surface area contributed by atoms with Gasteiger partial charge in [0.2, 0.25) is 6.79 Å². The molecule has 0 radical (unpaired) electrons. The maximum atomic E-state index is 13.6. The summed E-state index contributed by atoms with van der Waals surface area (Å²) in [5.41, 5.74) is 5.65. The van der Waals surface area contributed by atoms with Crippen molar-refractivity contribution in [3.63, 3.8) is 0 Å². The Balaban J connectivity index is 1.29. The number of benzene rings is 4. The van der Waals surface area contributed by atoms with E-state index in [1.165, 1.54) is 6.21 Å². The summed E-state index contributed by atoms with van der Waals surface area (Å²) < 4.78 is 28.2. The number of hydrazone groups is 1. The van der Waals surface area contributed by atoms with Crippen LogP contribution in [0.1, 0.15) is 26.4 Å². The highest BCUT2D eigenvalue weighted by atomic mass is 79.9. The smallest absolute Gasteiger partial charge is 0.343 e. The van der Waals surface area contributed by atoms with Gasteiger partial charge in [0.25, 0.3) is 5.91 Å². The van der Waals surface area contributed by atoms with Crippen molar-refractivity contribution >= 4 is 44.9 Å². The normalized spacial score (nSPS) is 12.0. The van der Waals surface area contributed by atoms with Gasteiger partial charge in [0.1, 0.15) is 22.9 Å². The van der Waals surface area contributed by atoms with Crippen LogP contribution in [0, 0.1) is 0 Å². The Morgan fingerprint density at radius 3 is 2.44 bits per heavy atom. The van der Waals surface area contributed by atoms with Crippen LogP contribution in [-0.2, 0) is 0 Å². The number of fused-ring (bicyclic) bond motifs is 2. The monoisotopic (exact) mass is 641 g/mol. The lowest BCUT2D eigenvalue weighted by Gasteiger charge is -2.09. The number of carbonyl (C=O) groups excluding carboxylic acids is 2. The van der Waals surface area contributed by atoms with Gasteiger partial charge in [-0.2, -0.15) is 5.10 Å². The number of nitrogens with zero attached hydrogens (tertiary/aromatic N) is 1. The fourth-order valence-corrected chi connectivity index (χ4v) is 5.14. The maximum Gasteiger partial charge on any atom is 0.343 e. The molecule has 0 saturated carbocycles. The summed E-state index contributed by atoms with van der Waals surface area (Å²) in [7, 11) is 3.13. The van der Waals surface area contributed by atoms with Crippen molar-refractivity contribution in [3.05, 3.63) is 100 Å². The number of esters is 1. The molecule has 2 N–H and O–H groups in total. The fraction of sp³-hybridized carbons (Fsp3) is 0.0938. The van der Waals surface area contributed by atoms with Crippen molar-refractivity contribution in [3.8, 4) is 39.9 Å². The highest BCUT2D eigenvalue weighted by Crippen LogP contribution is 2.42.